The maximum atomic E-state index is 5.48. The fourth-order valence-electron chi connectivity index (χ4n) is 1.93. The van der Waals surface area contributed by atoms with Gasteiger partial charge in [0.05, 0.1) is 12.3 Å². The Hall–Kier alpha value is -1.43. The van der Waals surface area contributed by atoms with E-state index in [9.17, 15) is 0 Å². The minimum absolute atomic E-state index is 0.151. The van der Waals surface area contributed by atoms with Gasteiger partial charge >= 0.3 is 0 Å². The number of rotatable bonds is 6. The van der Waals surface area contributed by atoms with Crippen LogP contribution in [0.2, 0.25) is 0 Å². The summed E-state index contributed by atoms with van der Waals surface area (Å²) in [5.74, 6) is 1.34. The van der Waals surface area contributed by atoms with Crippen LogP contribution in [0.5, 0.6) is 0 Å². The lowest BCUT2D eigenvalue weighted by molar-refractivity contribution is 0.0557. The van der Waals surface area contributed by atoms with Gasteiger partial charge in [-0.2, -0.15) is 0 Å². The fourth-order valence-corrected chi connectivity index (χ4v) is 1.93. The van der Waals surface area contributed by atoms with Gasteiger partial charge in [0.2, 0.25) is 11.8 Å². The lowest BCUT2D eigenvalue weighted by atomic mass is 10.1. The molecule has 0 aromatic carbocycles. The predicted molar refractivity (Wildman–Crippen MR) is 67.2 cm³/mol. The molecule has 0 saturated carbocycles. The molecule has 1 aliphatic heterocycles. The SMILES string of the molecule is CCC1=NOC(CN(C)Cc2nnc(CC)o2)C1. The Morgan fingerprint density at radius 2 is 2.00 bits per heavy atom. The van der Waals surface area contributed by atoms with Crippen molar-refractivity contribution in [2.75, 3.05) is 13.6 Å². The molecule has 0 fully saturated rings. The van der Waals surface area contributed by atoms with Crippen LogP contribution in [0, 0.1) is 0 Å². The highest BCUT2D eigenvalue weighted by atomic mass is 16.6. The van der Waals surface area contributed by atoms with Gasteiger partial charge in [-0.1, -0.05) is 19.0 Å². The van der Waals surface area contributed by atoms with Gasteiger partial charge in [0.25, 0.3) is 0 Å². The Labute approximate surface area is 107 Å². The van der Waals surface area contributed by atoms with Gasteiger partial charge in [-0.3, -0.25) is 4.90 Å². The molecule has 1 aromatic rings. The maximum Gasteiger partial charge on any atom is 0.230 e. The van der Waals surface area contributed by atoms with E-state index in [2.05, 4.69) is 27.2 Å². The highest BCUT2D eigenvalue weighted by Gasteiger charge is 2.21. The molecule has 100 valence electrons. The molecule has 1 atom stereocenters. The third-order valence-electron chi connectivity index (χ3n) is 2.93. The molecular formula is C12H20N4O2. The quantitative estimate of drug-likeness (QED) is 0.769. The van der Waals surface area contributed by atoms with Crippen LogP contribution in [-0.2, 0) is 17.8 Å². The van der Waals surface area contributed by atoms with E-state index in [4.69, 9.17) is 9.25 Å². The van der Waals surface area contributed by atoms with Crippen molar-refractivity contribution in [3.63, 3.8) is 0 Å². The van der Waals surface area contributed by atoms with Gasteiger partial charge in [0, 0.05) is 19.4 Å². The molecule has 0 amide bonds. The lowest BCUT2D eigenvalue weighted by Gasteiger charge is -2.17. The number of aromatic nitrogens is 2. The standard InChI is InChI=1S/C12H20N4O2/c1-4-9-6-10(18-15-9)7-16(3)8-12-14-13-11(5-2)17-12/h10H,4-8H2,1-3H3. The van der Waals surface area contributed by atoms with Crippen molar-refractivity contribution < 1.29 is 9.25 Å². The molecule has 0 N–H and O–H groups in total. The van der Waals surface area contributed by atoms with Crippen molar-refractivity contribution in [1.82, 2.24) is 15.1 Å². The molecule has 1 unspecified atom stereocenters. The molecule has 1 aliphatic rings. The Balaban J connectivity index is 1.77. The molecule has 6 heteroatoms. The summed E-state index contributed by atoms with van der Waals surface area (Å²) in [4.78, 5) is 7.49. The highest BCUT2D eigenvalue weighted by Crippen LogP contribution is 2.14. The average Bonchev–Trinajstić information content (AvgIpc) is 2.98. The zero-order valence-electron chi connectivity index (χ0n) is 11.2. The Kier molecular flexibility index (Phi) is 4.30. The fraction of sp³-hybridized carbons (Fsp3) is 0.750. The van der Waals surface area contributed by atoms with E-state index in [1.165, 1.54) is 0 Å². The Bertz CT molecular complexity index is 416. The van der Waals surface area contributed by atoms with Crippen molar-refractivity contribution in [2.24, 2.45) is 5.16 Å². The number of likely N-dealkylation sites (N-methyl/N-ethyl adjacent to an activating group) is 1. The molecule has 0 aliphatic carbocycles. The van der Waals surface area contributed by atoms with E-state index in [1.54, 1.807) is 0 Å². The Morgan fingerprint density at radius 1 is 1.22 bits per heavy atom. The monoisotopic (exact) mass is 252 g/mol. The molecule has 2 heterocycles. The summed E-state index contributed by atoms with van der Waals surface area (Å²) < 4.78 is 5.48. The summed E-state index contributed by atoms with van der Waals surface area (Å²) in [6.45, 7) is 5.56. The first kappa shape index (κ1) is 13.0. The van der Waals surface area contributed by atoms with Crippen LogP contribution in [0.4, 0.5) is 0 Å². The van der Waals surface area contributed by atoms with Gasteiger partial charge in [-0.05, 0) is 13.5 Å². The summed E-state index contributed by atoms with van der Waals surface area (Å²) in [5.41, 5.74) is 1.14. The maximum absolute atomic E-state index is 5.48. The van der Waals surface area contributed by atoms with Crippen LogP contribution < -0.4 is 0 Å². The van der Waals surface area contributed by atoms with Crippen molar-refractivity contribution in [3.8, 4) is 0 Å². The number of hydrogen-bond acceptors (Lipinski definition) is 6. The third kappa shape index (κ3) is 3.29. The van der Waals surface area contributed by atoms with Crippen LogP contribution in [-0.4, -0.2) is 40.5 Å². The van der Waals surface area contributed by atoms with Gasteiger partial charge in [0.15, 0.2) is 0 Å². The third-order valence-corrected chi connectivity index (χ3v) is 2.93. The first-order valence-corrected chi connectivity index (χ1v) is 6.42. The summed E-state index contributed by atoms with van der Waals surface area (Å²) >= 11 is 0. The molecule has 1 aromatic heterocycles. The van der Waals surface area contributed by atoms with Crippen molar-refractivity contribution in [1.29, 1.82) is 0 Å². The Morgan fingerprint density at radius 3 is 2.61 bits per heavy atom. The van der Waals surface area contributed by atoms with Crippen LogP contribution in [0.3, 0.4) is 0 Å². The zero-order chi connectivity index (χ0) is 13.0. The second-order valence-corrected chi connectivity index (χ2v) is 4.58. The van der Waals surface area contributed by atoms with E-state index >= 15 is 0 Å². The van der Waals surface area contributed by atoms with E-state index in [0.717, 1.165) is 31.5 Å². The van der Waals surface area contributed by atoms with Crippen LogP contribution in [0.25, 0.3) is 0 Å². The van der Waals surface area contributed by atoms with E-state index in [-0.39, 0.29) is 6.10 Å². The smallest absolute Gasteiger partial charge is 0.230 e. The first-order valence-electron chi connectivity index (χ1n) is 6.42. The van der Waals surface area contributed by atoms with Crippen molar-refractivity contribution in [2.45, 2.75) is 45.8 Å². The summed E-state index contributed by atoms with van der Waals surface area (Å²) in [6, 6.07) is 0. The first-order chi connectivity index (χ1) is 8.71. The lowest BCUT2D eigenvalue weighted by Crippen LogP contribution is -2.29. The highest BCUT2D eigenvalue weighted by molar-refractivity contribution is 5.85. The minimum Gasteiger partial charge on any atom is -0.424 e. The van der Waals surface area contributed by atoms with Gasteiger partial charge in [-0.25, -0.2) is 0 Å². The predicted octanol–water partition coefficient (Wildman–Crippen LogP) is 1.62. The largest absolute Gasteiger partial charge is 0.424 e. The molecule has 0 spiro atoms. The average molecular weight is 252 g/mol. The number of nitrogens with zero attached hydrogens (tertiary/aromatic N) is 4. The molecule has 0 radical (unpaired) electrons. The second-order valence-electron chi connectivity index (χ2n) is 4.58. The van der Waals surface area contributed by atoms with Crippen molar-refractivity contribution >= 4 is 5.71 Å². The molecule has 2 rings (SSSR count). The number of hydrogen-bond donors (Lipinski definition) is 0. The van der Waals surface area contributed by atoms with Gasteiger partial charge in [0.1, 0.15) is 6.10 Å². The molecule has 0 saturated heterocycles. The molecule has 0 bridgehead atoms. The normalized spacial score (nSPS) is 19.1. The molecular weight excluding hydrogens is 232 g/mol. The van der Waals surface area contributed by atoms with Gasteiger partial charge in [-0.15, -0.1) is 10.2 Å². The minimum atomic E-state index is 0.151. The summed E-state index contributed by atoms with van der Waals surface area (Å²) in [6.07, 6.45) is 2.81. The van der Waals surface area contributed by atoms with Gasteiger partial charge < -0.3 is 9.25 Å². The summed E-state index contributed by atoms with van der Waals surface area (Å²) in [7, 11) is 2.02. The summed E-state index contributed by atoms with van der Waals surface area (Å²) in [5, 5.41) is 12.0. The zero-order valence-corrected chi connectivity index (χ0v) is 11.2. The van der Waals surface area contributed by atoms with Crippen LogP contribution >= 0.6 is 0 Å². The second kappa shape index (κ2) is 5.95. The van der Waals surface area contributed by atoms with E-state index < -0.39 is 0 Å². The molecule has 18 heavy (non-hydrogen) atoms. The number of oxime groups is 1. The van der Waals surface area contributed by atoms with Crippen LogP contribution in [0.1, 0.15) is 38.5 Å². The van der Waals surface area contributed by atoms with E-state index in [1.807, 2.05) is 14.0 Å². The van der Waals surface area contributed by atoms with Crippen molar-refractivity contribution in [3.05, 3.63) is 11.8 Å². The van der Waals surface area contributed by atoms with Crippen LogP contribution in [0.15, 0.2) is 9.57 Å². The van der Waals surface area contributed by atoms with E-state index in [0.29, 0.717) is 18.3 Å². The molecule has 6 nitrogen and oxygen atoms in total. The topological polar surface area (TPSA) is 63.8 Å². The number of aryl methyl sites for hydroxylation is 1.